The number of nitrogens with zero attached hydrogens (tertiary/aromatic N) is 1. The number of hydrogen-bond acceptors (Lipinski definition) is 0. The SMILES string of the molecule is CC(CC[n+]1ccccc1)(C1CCCC1)C1CCCC1. The largest absolute Gasteiger partial charge is 0.205 e. The van der Waals surface area contributed by atoms with Gasteiger partial charge in [-0.25, -0.2) is 4.57 Å². The first-order chi connectivity index (χ1) is 9.79. The molecule has 1 aromatic rings. The summed E-state index contributed by atoms with van der Waals surface area (Å²) in [5.74, 6) is 1.99. The van der Waals surface area contributed by atoms with Crippen LogP contribution in [0.4, 0.5) is 0 Å². The Kier molecular flexibility index (Phi) is 4.43. The van der Waals surface area contributed by atoms with Gasteiger partial charge in [-0.2, -0.15) is 0 Å². The highest BCUT2D eigenvalue weighted by Crippen LogP contribution is 2.52. The van der Waals surface area contributed by atoms with Crippen LogP contribution in [0.2, 0.25) is 0 Å². The van der Waals surface area contributed by atoms with Gasteiger partial charge < -0.3 is 0 Å². The molecule has 0 aromatic carbocycles. The summed E-state index contributed by atoms with van der Waals surface area (Å²) in [7, 11) is 0. The van der Waals surface area contributed by atoms with Gasteiger partial charge in [-0.05, 0) is 42.9 Å². The normalized spacial score (nSPS) is 21.6. The quantitative estimate of drug-likeness (QED) is 0.681. The molecule has 20 heavy (non-hydrogen) atoms. The fraction of sp³-hybridized carbons (Fsp3) is 0.737. The number of hydrogen-bond donors (Lipinski definition) is 0. The molecule has 1 heterocycles. The van der Waals surface area contributed by atoms with E-state index in [9.17, 15) is 0 Å². The minimum Gasteiger partial charge on any atom is -0.205 e. The van der Waals surface area contributed by atoms with Gasteiger partial charge >= 0.3 is 0 Å². The third kappa shape index (κ3) is 2.92. The molecule has 0 atom stereocenters. The monoisotopic (exact) mass is 272 g/mol. The molecule has 2 saturated carbocycles. The van der Waals surface area contributed by atoms with Crippen LogP contribution >= 0.6 is 0 Å². The number of pyridine rings is 1. The summed E-state index contributed by atoms with van der Waals surface area (Å²) in [5, 5.41) is 0. The summed E-state index contributed by atoms with van der Waals surface area (Å²) >= 11 is 0. The van der Waals surface area contributed by atoms with E-state index in [1.807, 2.05) is 0 Å². The Bertz CT molecular complexity index is 383. The molecule has 0 amide bonds. The van der Waals surface area contributed by atoms with Crippen LogP contribution in [0.5, 0.6) is 0 Å². The lowest BCUT2D eigenvalue weighted by Crippen LogP contribution is -2.40. The van der Waals surface area contributed by atoms with Crippen LogP contribution in [0.25, 0.3) is 0 Å². The Labute approximate surface area is 124 Å². The zero-order valence-corrected chi connectivity index (χ0v) is 13.1. The first-order valence-corrected chi connectivity index (χ1v) is 8.73. The molecule has 0 radical (unpaired) electrons. The predicted octanol–water partition coefficient (Wildman–Crippen LogP) is 4.75. The van der Waals surface area contributed by atoms with Crippen LogP contribution in [-0.4, -0.2) is 0 Å². The van der Waals surface area contributed by atoms with Crippen LogP contribution in [0.1, 0.15) is 64.7 Å². The van der Waals surface area contributed by atoms with Gasteiger partial charge in [0.05, 0.1) is 0 Å². The number of rotatable bonds is 5. The Morgan fingerprint density at radius 3 is 1.85 bits per heavy atom. The van der Waals surface area contributed by atoms with Gasteiger partial charge in [-0.3, -0.25) is 0 Å². The van der Waals surface area contributed by atoms with Gasteiger partial charge in [0.2, 0.25) is 0 Å². The summed E-state index contributed by atoms with van der Waals surface area (Å²) in [5.41, 5.74) is 0.593. The maximum atomic E-state index is 2.63. The summed E-state index contributed by atoms with van der Waals surface area (Å²) in [6.07, 6.45) is 17.7. The first kappa shape index (κ1) is 14.1. The number of aromatic nitrogens is 1. The molecule has 0 bridgehead atoms. The maximum absolute atomic E-state index is 2.63. The van der Waals surface area contributed by atoms with E-state index in [1.165, 1.54) is 64.3 Å². The lowest BCUT2D eigenvalue weighted by Gasteiger charge is -2.40. The fourth-order valence-electron chi connectivity index (χ4n) is 4.87. The molecule has 0 saturated heterocycles. The molecule has 1 nitrogen and oxygen atoms in total. The van der Waals surface area contributed by atoms with Crippen molar-refractivity contribution >= 4 is 0 Å². The van der Waals surface area contributed by atoms with Crippen molar-refractivity contribution in [2.24, 2.45) is 17.3 Å². The van der Waals surface area contributed by atoms with Crippen molar-refractivity contribution in [3.8, 4) is 0 Å². The minimum atomic E-state index is 0.593. The van der Waals surface area contributed by atoms with Gasteiger partial charge in [0, 0.05) is 18.6 Å². The van der Waals surface area contributed by atoms with Crippen LogP contribution in [0.15, 0.2) is 30.6 Å². The van der Waals surface area contributed by atoms with E-state index < -0.39 is 0 Å². The van der Waals surface area contributed by atoms with Gasteiger partial charge in [0.25, 0.3) is 0 Å². The Morgan fingerprint density at radius 2 is 1.35 bits per heavy atom. The summed E-state index contributed by atoms with van der Waals surface area (Å²) in [6, 6.07) is 6.43. The third-order valence-electron chi connectivity index (χ3n) is 6.26. The van der Waals surface area contributed by atoms with Crippen molar-refractivity contribution in [2.75, 3.05) is 0 Å². The predicted molar refractivity (Wildman–Crippen MR) is 83.3 cm³/mol. The molecule has 0 aliphatic heterocycles. The first-order valence-electron chi connectivity index (χ1n) is 8.73. The highest BCUT2D eigenvalue weighted by molar-refractivity contribution is 4.92. The molecule has 110 valence electrons. The summed E-state index contributed by atoms with van der Waals surface area (Å²) < 4.78 is 2.38. The van der Waals surface area contributed by atoms with E-state index in [1.54, 1.807) is 0 Å². The topological polar surface area (TPSA) is 3.88 Å². The van der Waals surface area contributed by atoms with E-state index in [0.717, 1.165) is 11.8 Å². The average molecular weight is 272 g/mol. The van der Waals surface area contributed by atoms with E-state index in [0.29, 0.717) is 5.41 Å². The van der Waals surface area contributed by atoms with Gasteiger partial charge in [0.1, 0.15) is 6.54 Å². The lowest BCUT2D eigenvalue weighted by molar-refractivity contribution is -0.699. The Balaban J connectivity index is 1.71. The number of aryl methyl sites for hydroxylation is 1. The molecular weight excluding hydrogens is 242 g/mol. The molecule has 1 heteroatoms. The molecule has 1 aromatic heterocycles. The maximum Gasteiger partial charge on any atom is 0.168 e. The minimum absolute atomic E-state index is 0.593. The van der Waals surface area contributed by atoms with Crippen LogP contribution < -0.4 is 4.57 Å². The van der Waals surface area contributed by atoms with Crippen molar-refractivity contribution in [1.29, 1.82) is 0 Å². The molecular formula is C19H30N+. The van der Waals surface area contributed by atoms with E-state index in [2.05, 4.69) is 42.1 Å². The Morgan fingerprint density at radius 1 is 0.850 bits per heavy atom. The van der Waals surface area contributed by atoms with Gasteiger partial charge in [-0.1, -0.05) is 38.7 Å². The standard InChI is InChI=1S/C19H30N/c1-19(17-9-3-4-10-17,18-11-5-6-12-18)13-16-20-14-7-2-8-15-20/h2,7-8,14-15,17-18H,3-6,9-13,16H2,1H3/q+1. The van der Waals surface area contributed by atoms with Gasteiger partial charge in [-0.15, -0.1) is 0 Å². The second-order valence-electron chi connectivity index (χ2n) is 7.33. The molecule has 2 aliphatic rings. The molecule has 0 unspecified atom stereocenters. The zero-order chi connectivity index (χ0) is 13.8. The van der Waals surface area contributed by atoms with Crippen molar-refractivity contribution in [3.63, 3.8) is 0 Å². The highest BCUT2D eigenvalue weighted by Gasteiger charge is 2.43. The highest BCUT2D eigenvalue weighted by atomic mass is 14.9. The van der Waals surface area contributed by atoms with Crippen molar-refractivity contribution in [1.82, 2.24) is 0 Å². The van der Waals surface area contributed by atoms with E-state index in [-0.39, 0.29) is 0 Å². The van der Waals surface area contributed by atoms with Gasteiger partial charge in [0.15, 0.2) is 12.4 Å². The second kappa shape index (κ2) is 6.28. The Hall–Kier alpha value is -0.850. The average Bonchev–Trinajstić information content (AvgIpc) is 3.18. The molecule has 2 fully saturated rings. The van der Waals surface area contributed by atoms with Crippen LogP contribution in [-0.2, 0) is 6.54 Å². The zero-order valence-electron chi connectivity index (χ0n) is 13.1. The summed E-state index contributed by atoms with van der Waals surface area (Å²) in [6.45, 7) is 3.83. The smallest absolute Gasteiger partial charge is 0.168 e. The van der Waals surface area contributed by atoms with Crippen molar-refractivity contribution in [3.05, 3.63) is 30.6 Å². The van der Waals surface area contributed by atoms with Crippen molar-refractivity contribution in [2.45, 2.75) is 71.3 Å². The molecule has 2 aliphatic carbocycles. The second-order valence-corrected chi connectivity index (χ2v) is 7.33. The van der Waals surface area contributed by atoms with E-state index in [4.69, 9.17) is 0 Å². The van der Waals surface area contributed by atoms with Crippen LogP contribution in [0, 0.1) is 17.3 Å². The fourth-order valence-corrected chi connectivity index (χ4v) is 4.87. The molecule has 0 spiro atoms. The molecule has 3 rings (SSSR count). The van der Waals surface area contributed by atoms with E-state index >= 15 is 0 Å². The molecule has 0 N–H and O–H groups in total. The van der Waals surface area contributed by atoms with Crippen LogP contribution in [0.3, 0.4) is 0 Å². The van der Waals surface area contributed by atoms with Crippen molar-refractivity contribution < 1.29 is 4.57 Å². The summed E-state index contributed by atoms with van der Waals surface area (Å²) in [4.78, 5) is 0. The third-order valence-corrected chi connectivity index (χ3v) is 6.26. The lowest BCUT2D eigenvalue weighted by atomic mass is 9.64.